The van der Waals surface area contributed by atoms with E-state index in [1.165, 1.54) is 0 Å². The number of benzene rings is 1. The second-order valence-corrected chi connectivity index (χ2v) is 4.40. The van der Waals surface area contributed by atoms with Crippen LogP contribution < -0.4 is 16.4 Å². The first-order valence-corrected chi connectivity index (χ1v) is 6.11. The maximum Gasteiger partial charge on any atom is 0.250 e. The number of nitrogens with one attached hydrogen (secondary N) is 2. The molecule has 1 heterocycles. The Morgan fingerprint density at radius 1 is 1.28 bits per heavy atom. The summed E-state index contributed by atoms with van der Waals surface area (Å²) in [6, 6.07) is 6.58. The normalized spacial score (nSPS) is 19.2. The van der Waals surface area contributed by atoms with Gasteiger partial charge in [0.1, 0.15) is 0 Å². The summed E-state index contributed by atoms with van der Waals surface area (Å²) in [5, 5.41) is 5.92. The number of nitrogens with two attached hydrogens (primary N) is 1. The number of hydrogen-bond donors (Lipinski definition) is 3. The van der Waals surface area contributed by atoms with E-state index >= 15 is 0 Å². The van der Waals surface area contributed by atoms with E-state index in [0.29, 0.717) is 11.3 Å². The molecule has 0 spiro atoms. The van der Waals surface area contributed by atoms with Crippen LogP contribution in [0.5, 0.6) is 0 Å². The lowest BCUT2D eigenvalue weighted by Crippen LogP contribution is -2.43. The number of piperidine rings is 1. The van der Waals surface area contributed by atoms with Gasteiger partial charge in [-0.1, -0.05) is 18.6 Å². The first-order valence-electron chi connectivity index (χ1n) is 6.11. The molecule has 1 saturated heterocycles. The van der Waals surface area contributed by atoms with E-state index in [-0.39, 0.29) is 11.9 Å². The number of anilines is 1. The molecule has 0 aliphatic carbocycles. The van der Waals surface area contributed by atoms with Gasteiger partial charge in [0, 0.05) is 0 Å². The van der Waals surface area contributed by atoms with Crippen LogP contribution in [0.4, 0.5) is 5.69 Å². The summed E-state index contributed by atoms with van der Waals surface area (Å²) in [6.45, 7) is 0.857. The summed E-state index contributed by atoms with van der Waals surface area (Å²) in [5.41, 5.74) is 6.07. The predicted octanol–water partition coefficient (Wildman–Crippen LogP) is 0.866. The van der Waals surface area contributed by atoms with E-state index in [1.54, 1.807) is 24.3 Å². The van der Waals surface area contributed by atoms with Gasteiger partial charge in [-0.05, 0) is 31.5 Å². The monoisotopic (exact) mass is 247 g/mol. The minimum absolute atomic E-state index is 0.108. The van der Waals surface area contributed by atoms with E-state index in [0.717, 1.165) is 25.8 Å². The molecule has 5 nitrogen and oxygen atoms in total. The Bertz CT molecular complexity index is 453. The molecule has 5 heteroatoms. The van der Waals surface area contributed by atoms with Crippen LogP contribution in [-0.2, 0) is 4.79 Å². The summed E-state index contributed by atoms with van der Waals surface area (Å²) < 4.78 is 0. The Balaban J connectivity index is 2.08. The van der Waals surface area contributed by atoms with Crippen LogP contribution in [0.15, 0.2) is 24.3 Å². The number of carbonyl (C=O) groups is 2. The van der Waals surface area contributed by atoms with Crippen LogP contribution in [0, 0.1) is 0 Å². The lowest BCUT2D eigenvalue weighted by Gasteiger charge is -2.22. The van der Waals surface area contributed by atoms with Gasteiger partial charge < -0.3 is 16.4 Å². The van der Waals surface area contributed by atoms with Gasteiger partial charge in [0.05, 0.1) is 17.3 Å². The third-order valence-corrected chi connectivity index (χ3v) is 3.08. The van der Waals surface area contributed by atoms with Crippen molar-refractivity contribution in [3.05, 3.63) is 29.8 Å². The van der Waals surface area contributed by atoms with Crippen LogP contribution >= 0.6 is 0 Å². The van der Waals surface area contributed by atoms with Gasteiger partial charge >= 0.3 is 0 Å². The van der Waals surface area contributed by atoms with Crippen molar-refractivity contribution < 1.29 is 9.59 Å². The fraction of sp³-hybridized carbons (Fsp3) is 0.385. The summed E-state index contributed by atoms with van der Waals surface area (Å²) >= 11 is 0. The molecule has 0 bridgehead atoms. The first-order chi connectivity index (χ1) is 8.68. The molecule has 0 aromatic heterocycles. The molecule has 0 saturated carbocycles. The third-order valence-electron chi connectivity index (χ3n) is 3.08. The molecule has 96 valence electrons. The van der Waals surface area contributed by atoms with Crippen molar-refractivity contribution in [3.63, 3.8) is 0 Å². The molecule has 1 aromatic rings. The second kappa shape index (κ2) is 5.64. The smallest absolute Gasteiger partial charge is 0.250 e. The van der Waals surface area contributed by atoms with Gasteiger partial charge in [-0.25, -0.2) is 0 Å². The number of amides is 2. The quantitative estimate of drug-likeness (QED) is 0.741. The lowest BCUT2D eigenvalue weighted by atomic mass is 10.0. The van der Waals surface area contributed by atoms with E-state index in [2.05, 4.69) is 10.6 Å². The van der Waals surface area contributed by atoms with E-state index in [4.69, 9.17) is 5.73 Å². The van der Waals surface area contributed by atoms with Crippen LogP contribution in [0.3, 0.4) is 0 Å². The van der Waals surface area contributed by atoms with Crippen molar-refractivity contribution in [2.75, 3.05) is 11.9 Å². The van der Waals surface area contributed by atoms with Gasteiger partial charge in [0.25, 0.3) is 5.91 Å². The van der Waals surface area contributed by atoms with E-state index < -0.39 is 5.91 Å². The van der Waals surface area contributed by atoms with Crippen molar-refractivity contribution >= 4 is 17.5 Å². The average Bonchev–Trinajstić information content (AvgIpc) is 2.40. The molecule has 1 aliphatic rings. The largest absolute Gasteiger partial charge is 0.366 e. The lowest BCUT2D eigenvalue weighted by molar-refractivity contribution is -0.118. The Hall–Kier alpha value is -1.88. The maximum atomic E-state index is 12.0. The highest BCUT2D eigenvalue weighted by molar-refractivity contribution is 6.04. The highest BCUT2D eigenvalue weighted by Gasteiger charge is 2.21. The summed E-state index contributed by atoms with van der Waals surface area (Å²) in [4.78, 5) is 23.3. The van der Waals surface area contributed by atoms with Gasteiger partial charge in [-0.15, -0.1) is 0 Å². The van der Waals surface area contributed by atoms with Crippen molar-refractivity contribution in [2.24, 2.45) is 5.73 Å². The molecular formula is C13H17N3O2. The topological polar surface area (TPSA) is 84.2 Å². The summed E-state index contributed by atoms with van der Waals surface area (Å²) in [5.74, 6) is -0.647. The second-order valence-electron chi connectivity index (χ2n) is 4.40. The zero-order valence-electron chi connectivity index (χ0n) is 10.1. The minimum Gasteiger partial charge on any atom is -0.366 e. The molecule has 1 fully saturated rings. The SMILES string of the molecule is NC(=O)c1ccccc1NC(=O)[C@H]1CCCCN1. The fourth-order valence-electron chi connectivity index (χ4n) is 2.10. The Kier molecular flexibility index (Phi) is 3.94. The number of para-hydroxylation sites is 1. The van der Waals surface area contributed by atoms with Crippen LogP contribution in [0.25, 0.3) is 0 Å². The molecule has 4 N–H and O–H groups in total. The van der Waals surface area contributed by atoms with Gasteiger partial charge in [0.15, 0.2) is 0 Å². The molecule has 1 aliphatic heterocycles. The van der Waals surface area contributed by atoms with Gasteiger partial charge in [0.2, 0.25) is 5.91 Å². The average molecular weight is 247 g/mol. The van der Waals surface area contributed by atoms with Crippen molar-refractivity contribution in [1.82, 2.24) is 5.32 Å². The zero-order valence-corrected chi connectivity index (χ0v) is 10.1. The molecular weight excluding hydrogens is 230 g/mol. The summed E-state index contributed by atoms with van der Waals surface area (Å²) in [7, 11) is 0. The Morgan fingerprint density at radius 3 is 2.72 bits per heavy atom. The third kappa shape index (κ3) is 2.87. The Labute approximate surface area is 106 Å². The molecule has 1 atom stereocenters. The fourth-order valence-corrected chi connectivity index (χ4v) is 2.10. The van der Waals surface area contributed by atoms with Crippen molar-refractivity contribution in [3.8, 4) is 0 Å². The predicted molar refractivity (Wildman–Crippen MR) is 69.2 cm³/mol. The number of primary amides is 1. The van der Waals surface area contributed by atoms with E-state index in [9.17, 15) is 9.59 Å². The van der Waals surface area contributed by atoms with Crippen LogP contribution in [0.1, 0.15) is 29.6 Å². The van der Waals surface area contributed by atoms with Crippen LogP contribution in [0.2, 0.25) is 0 Å². The minimum atomic E-state index is -0.539. The Morgan fingerprint density at radius 2 is 2.06 bits per heavy atom. The molecule has 1 aromatic carbocycles. The highest BCUT2D eigenvalue weighted by Crippen LogP contribution is 2.16. The zero-order chi connectivity index (χ0) is 13.0. The van der Waals surface area contributed by atoms with Crippen LogP contribution in [-0.4, -0.2) is 24.4 Å². The standard InChI is InChI=1S/C13H17N3O2/c14-12(17)9-5-1-2-6-10(9)16-13(18)11-7-3-4-8-15-11/h1-2,5-6,11,15H,3-4,7-8H2,(H2,14,17)(H,16,18)/t11-/m1/s1. The van der Waals surface area contributed by atoms with E-state index in [1.807, 2.05) is 0 Å². The highest BCUT2D eigenvalue weighted by atomic mass is 16.2. The molecule has 0 radical (unpaired) electrons. The summed E-state index contributed by atoms with van der Waals surface area (Å²) in [6.07, 6.45) is 2.97. The van der Waals surface area contributed by atoms with Gasteiger partial charge in [-0.3, -0.25) is 9.59 Å². The molecule has 18 heavy (non-hydrogen) atoms. The molecule has 2 rings (SSSR count). The van der Waals surface area contributed by atoms with Gasteiger partial charge in [-0.2, -0.15) is 0 Å². The molecule has 0 unspecified atom stereocenters. The number of hydrogen-bond acceptors (Lipinski definition) is 3. The maximum absolute atomic E-state index is 12.0. The first kappa shape index (κ1) is 12.6. The van der Waals surface area contributed by atoms with Crippen molar-refractivity contribution in [2.45, 2.75) is 25.3 Å². The number of rotatable bonds is 3. The molecule has 2 amide bonds. The number of carbonyl (C=O) groups excluding carboxylic acids is 2. The van der Waals surface area contributed by atoms with Crippen molar-refractivity contribution in [1.29, 1.82) is 0 Å².